The second kappa shape index (κ2) is 36.6. The molecule has 0 heterocycles. The predicted molar refractivity (Wildman–Crippen MR) is 155 cm³/mol. The molecule has 3 N–H and O–H groups in total. The fourth-order valence-electron chi connectivity index (χ4n) is 3.88. The molecule has 0 aromatic carbocycles. The summed E-state index contributed by atoms with van der Waals surface area (Å²) in [4.78, 5) is 30.4. The van der Waals surface area contributed by atoms with E-state index in [0.717, 1.165) is 38.5 Å². The number of rotatable bonds is 25. The molecule has 0 spiro atoms. The van der Waals surface area contributed by atoms with E-state index in [-0.39, 0.29) is 0 Å². The van der Waals surface area contributed by atoms with Crippen LogP contribution < -0.4 is 0 Å². The highest BCUT2D eigenvalue weighted by Gasteiger charge is 1.97. The van der Waals surface area contributed by atoms with Gasteiger partial charge in [-0.1, -0.05) is 143 Å². The molecule has 0 saturated carbocycles. The smallest absolute Gasteiger partial charge is 0.303 e. The van der Waals surface area contributed by atoms with E-state index in [2.05, 4.69) is 20.8 Å². The van der Waals surface area contributed by atoms with E-state index in [1.807, 2.05) is 0 Å². The van der Waals surface area contributed by atoms with Crippen LogP contribution in [0.5, 0.6) is 0 Å². The summed E-state index contributed by atoms with van der Waals surface area (Å²) in [5.74, 6) is -1.99. The van der Waals surface area contributed by atoms with Crippen molar-refractivity contribution in [2.24, 2.45) is 0 Å². The van der Waals surface area contributed by atoms with Gasteiger partial charge in [-0.25, -0.2) is 0 Å². The number of hydrogen-bond donors (Lipinski definition) is 3. The van der Waals surface area contributed by atoms with Gasteiger partial charge in [0.2, 0.25) is 0 Å². The first-order chi connectivity index (χ1) is 17.8. The molecule has 0 aliphatic rings. The molecule has 0 bridgehead atoms. The van der Waals surface area contributed by atoms with Gasteiger partial charge in [-0.2, -0.15) is 0 Å². The topological polar surface area (TPSA) is 112 Å². The molecule has 0 radical (unpaired) electrons. The molecule has 0 aromatic heterocycles. The first kappa shape index (κ1) is 39.9. The maximum absolute atomic E-state index is 10.2. The number of carboxylic acid groups (broad SMARTS) is 3. The third-order valence-corrected chi connectivity index (χ3v) is 6.23. The molecular weight excluding hydrogens is 468 g/mol. The van der Waals surface area contributed by atoms with E-state index in [1.165, 1.54) is 103 Å². The van der Waals surface area contributed by atoms with Gasteiger partial charge in [0.15, 0.2) is 0 Å². The fourth-order valence-corrected chi connectivity index (χ4v) is 3.88. The Bertz CT molecular complexity index is 478. The van der Waals surface area contributed by atoms with E-state index >= 15 is 0 Å². The first-order valence-electron chi connectivity index (χ1n) is 15.5. The molecule has 6 heteroatoms. The lowest BCUT2D eigenvalue weighted by molar-refractivity contribution is -0.138. The standard InChI is InChI=1S/C12H24O2.C10H20O2.C9H18O2/c1-2-3-4-5-6-7-8-9-10-11-12(13)14;1-2-3-4-5-6-7-8-9-10(11)12;1-2-3-4-5-6-7-8-9(10)11/h2-11H2,1H3,(H,13,14);2-9H2,1H3,(H,11,12);2-8H2,1H3,(H,10,11). The van der Waals surface area contributed by atoms with Crippen LogP contribution in [0, 0.1) is 0 Å². The maximum Gasteiger partial charge on any atom is 0.303 e. The van der Waals surface area contributed by atoms with Crippen LogP contribution in [0.3, 0.4) is 0 Å². The predicted octanol–water partition coefficient (Wildman–Crippen LogP) is 10.0. The lowest BCUT2D eigenvalue weighted by Gasteiger charge is -2.00. The third-order valence-electron chi connectivity index (χ3n) is 6.23. The molecule has 222 valence electrons. The molecule has 0 saturated heterocycles. The van der Waals surface area contributed by atoms with Crippen molar-refractivity contribution in [3.63, 3.8) is 0 Å². The summed E-state index contributed by atoms with van der Waals surface area (Å²) in [6.07, 6.45) is 27.4. The summed E-state index contributed by atoms with van der Waals surface area (Å²) in [5.41, 5.74) is 0. The van der Waals surface area contributed by atoms with Crippen LogP contribution in [-0.4, -0.2) is 33.2 Å². The van der Waals surface area contributed by atoms with E-state index in [0.29, 0.717) is 19.3 Å². The van der Waals surface area contributed by atoms with Gasteiger partial charge in [0.1, 0.15) is 0 Å². The quantitative estimate of drug-likeness (QED) is 0.101. The van der Waals surface area contributed by atoms with Crippen molar-refractivity contribution in [3.8, 4) is 0 Å². The second-order valence-corrected chi connectivity index (χ2v) is 10.1. The molecule has 0 aliphatic carbocycles. The summed E-state index contributed by atoms with van der Waals surface area (Å²) >= 11 is 0. The van der Waals surface area contributed by atoms with Crippen molar-refractivity contribution >= 4 is 17.9 Å². The van der Waals surface area contributed by atoms with Gasteiger partial charge in [0.05, 0.1) is 0 Å². The average molecular weight is 531 g/mol. The van der Waals surface area contributed by atoms with E-state index in [9.17, 15) is 14.4 Å². The number of aliphatic carboxylic acids is 3. The van der Waals surface area contributed by atoms with Crippen molar-refractivity contribution in [1.82, 2.24) is 0 Å². The first-order valence-corrected chi connectivity index (χ1v) is 15.5. The van der Waals surface area contributed by atoms with Crippen molar-refractivity contribution in [3.05, 3.63) is 0 Å². The Morgan fingerprint density at radius 2 is 0.486 bits per heavy atom. The molecule has 37 heavy (non-hydrogen) atoms. The molecule has 0 atom stereocenters. The largest absolute Gasteiger partial charge is 0.481 e. The van der Waals surface area contributed by atoms with Crippen LogP contribution in [0.15, 0.2) is 0 Å². The van der Waals surface area contributed by atoms with Crippen molar-refractivity contribution < 1.29 is 29.7 Å². The second-order valence-electron chi connectivity index (χ2n) is 10.1. The fraction of sp³-hybridized carbons (Fsp3) is 0.903. The SMILES string of the molecule is CCCCCCCCC(=O)O.CCCCCCCCCC(=O)O.CCCCCCCCCCCC(=O)O. The summed E-state index contributed by atoms with van der Waals surface area (Å²) in [6.45, 7) is 6.60. The zero-order valence-electron chi connectivity index (χ0n) is 24.7. The Kier molecular flexibility index (Phi) is 39.4. The normalized spacial score (nSPS) is 10.1. The molecule has 6 nitrogen and oxygen atoms in total. The summed E-state index contributed by atoms with van der Waals surface area (Å²) < 4.78 is 0. The maximum atomic E-state index is 10.2. The molecule has 0 fully saturated rings. The number of hydrogen-bond acceptors (Lipinski definition) is 3. The van der Waals surface area contributed by atoms with Crippen molar-refractivity contribution in [2.45, 2.75) is 181 Å². The van der Waals surface area contributed by atoms with E-state index in [1.54, 1.807) is 0 Å². The Morgan fingerprint density at radius 1 is 0.324 bits per heavy atom. The number of carboxylic acids is 3. The minimum absolute atomic E-state index is 0.339. The van der Waals surface area contributed by atoms with Gasteiger partial charge in [-0.15, -0.1) is 0 Å². The van der Waals surface area contributed by atoms with Crippen LogP contribution in [0.4, 0.5) is 0 Å². The van der Waals surface area contributed by atoms with Crippen molar-refractivity contribution in [1.29, 1.82) is 0 Å². The molecule has 0 aliphatic heterocycles. The minimum Gasteiger partial charge on any atom is -0.481 e. The zero-order valence-corrected chi connectivity index (χ0v) is 24.7. The van der Waals surface area contributed by atoms with Gasteiger partial charge in [0.25, 0.3) is 0 Å². The highest BCUT2D eigenvalue weighted by atomic mass is 16.4. The molecular formula is C31H62O6. The van der Waals surface area contributed by atoms with E-state index in [4.69, 9.17) is 15.3 Å². The van der Waals surface area contributed by atoms with Crippen LogP contribution in [0.2, 0.25) is 0 Å². The van der Waals surface area contributed by atoms with E-state index < -0.39 is 17.9 Å². The highest BCUT2D eigenvalue weighted by Crippen LogP contribution is 2.10. The monoisotopic (exact) mass is 530 g/mol. The van der Waals surface area contributed by atoms with Gasteiger partial charge in [-0.3, -0.25) is 14.4 Å². The highest BCUT2D eigenvalue weighted by molar-refractivity contribution is 5.67. The van der Waals surface area contributed by atoms with Crippen LogP contribution in [0.25, 0.3) is 0 Å². The Morgan fingerprint density at radius 3 is 0.649 bits per heavy atom. The Hall–Kier alpha value is -1.59. The lowest BCUT2D eigenvalue weighted by Crippen LogP contribution is -1.93. The Labute approximate surface area is 229 Å². The number of carbonyl (C=O) groups is 3. The summed E-state index contributed by atoms with van der Waals surface area (Å²) in [6, 6.07) is 0. The molecule has 0 rings (SSSR count). The van der Waals surface area contributed by atoms with Gasteiger partial charge in [0, 0.05) is 19.3 Å². The summed E-state index contributed by atoms with van der Waals surface area (Å²) in [7, 11) is 0. The molecule has 0 amide bonds. The lowest BCUT2D eigenvalue weighted by atomic mass is 10.1. The van der Waals surface area contributed by atoms with Crippen LogP contribution >= 0.6 is 0 Å². The van der Waals surface area contributed by atoms with Crippen LogP contribution in [0.1, 0.15) is 181 Å². The third kappa shape index (κ3) is 51.8. The van der Waals surface area contributed by atoms with Crippen molar-refractivity contribution in [2.75, 3.05) is 0 Å². The average Bonchev–Trinajstić information content (AvgIpc) is 2.85. The molecule has 0 unspecified atom stereocenters. The Balaban J connectivity index is -0.000000473. The molecule has 0 aromatic rings. The van der Waals surface area contributed by atoms with Gasteiger partial charge in [-0.05, 0) is 19.3 Å². The minimum atomic E-state index is -0.666. The van der Waals surface area contributed by atoms with Crippen LogP contribution in [-0.2, 0) is 14.4 Å². The van der Waals surface area contributed by atoms with Gasteiger partial charge >= 0.3 is 17.9 Å². The van der Waals surface area contributed by atoms with Gasteiger partial charge < -0.3 is 15.3 Å². The zero-order chi connectivity index (χ0) is 28.4. The summed E-state index contributed by atoms with van der Waals surface area (Å²) in [5, 5.41) is 25.1. The number of unbranched alkanes of at least 4 members (excludes halogenated alkanes) is 19.